The lowest BCUT2D eigenvalue weighted by molar-refractivity contribution is -0.0290. The Labute approximate surface area is 158 Å². The molecular weight excluding hydrogens is 368 g/mol. The molecule has 0 radical (unpaired) electrons. The van der Waals surface area contributed by atoms with E-state index in [1.807, 2.05) is 24.4 Å². The van der Waals surface area contributed by atoms with Crippen LogP contribution in [0.25, 0.3) is 10.2 Å². The molecule has 3 aromatic rings. The van der Waals surface area contributed by atoms with Gasteiger partial charge in [-0.2, -0.15) is 0 Å². The topological polar surface area (TPSA) is 73.4 Å². The van der Waals surface area contributed by atoms with E-state index in [4.69, 9.17) is 0 Å². The molecule has 0 amide bonds. The van der Waals surface area contributed by atoms with Gasteiger partial charge in [0.15, 0.2) is 5.78 Å². The van der Waals surface area contributed by atoms with E-state index in [2.05, 4.69) is 9.88 Å². The lowest BCUT2D eigenvalue weighted by atomic mass is 9.88. The lowest BCUT2D eigenvalue weighted by Gasteiger charge is -2.40. The van der Waals surface area contributed by atoms with Crippen molar-refractivity contribution in [3.05, 3.63) is 55.8 Å². The summed E-state index contributed by atoms with van der Waals surface area (Å²) in [6, 6.07) is 9.04. The van der Waals surface area contributed by atoms with Crippen molar-refractivity contribution in [3.63, 3.8) is 0 Å². The van der Waals surface area contributed by atoms with E-state index in [1.165, 1.54) is 0 Å². The highest BCUT2D eigenvalue weighted by Gasteiger charge is 2.37. The number of aliphatic hydroxyl groups is 1. The summed E-state index contributed by atoms with van der Waals surface area (Å²) in [4.78, 5) is 30.1. The molecule has 0 spiro atoms. The van der Waals surface area contributed by atoms with Crippen molar-refractivity contribution >= 4 is 38.7 Å². The number of aromatic amines is 1. The third-order valence-electron chi connectivity index (χ3n) is 5.24. The van der Waals surface area contributed by atoms with Crippen LogP contribution in [0.2, 0.25) is 0 Å². The first-order chi connectivity index (χ1) is 12.5. The number of carbonyl (C=O) groups excluding carboxylic acids is 1. The van der Waals surface area contributed by atoms with Gasteiger partial charge in [0.05, 0.1) is 16.3 Å². The molecule has 1 aliphatic heterocycles. The maximum atomic E-state index is 12.9. The molecule has 4 rings (SSSR count). The molecule has 1 unspecified atom stereocenters. The second kappa shape index (κ2) is 6.74. The number of thiophene rings is 1. The second-order valence-corrected chi connectivity index (χ2v) is 8.77. The van der Waals surface area contributed by atoms with Crippen LogP contribution in [0.5, 0.6) is 0 Å². The molecule has 7 heteroatoms. The minimum absolute atomic E-state index is 0.0503. The summed E-state index contributed by atoms with van der Waals surface area (Å²) in [6.07, 6.45) is 1.26. The fourth-order valence-corrected chi connectivity index (χ4v) is 5.24. The zero-order chi connectivity index (χ0) is 18.3. The SMILES string of the molecule is CC(C(=O)c1ccc2[nH]c(=O)sc2c1)N1CCC(O)(c2cccs2)CC1. The summed E-state index contributed by atoms with van der Waals surface area (Å²) in [5.41, 5.74) is 0.617. The Hall–Kier alpha value is -1.80. The van der Waals surface area contributed by atoms with Gasteiger partial charge in [-0.1, -0.05) is 17.4 Å². The first kappa shape index (κ1) is 17.6. The van der Waals surface area contributed by atoms with E-state index in [0.29, 0.717) is 31.5 Å². The second-order valence-electron chi connectivity index (χ2n) is 6.81. The molecule has 1 aliphatic rings. The van der Waals surface area contributed by atoms with Crippen LogP contribution < -0.4 is 4.87 Å². The highest BCUT2D eigenvalue weighted by molar-refractivity contribution is 7.16. The number of carbonyl (C=O) groups is 1. The number of hydrogen-bond acceptors (Lipinski definition) is 6. The maximum absolute atomic E-state index is 12.9. The van der Waals surface area contributed by atoms with Crippen LogP contribution in [0.1, 0.15) is 35.0 Å². The number of ketones is 1. The van der Waals surface area contributed by atoms with Gasteiger partial charge in [-0.15, -0.1) is 11.3 Å². The molecule has 136 valence electrons. The molecule has 0 aliphatic carbocycles. The molecule has 5 nitrogen and oxygen atoms in total. The van der Waals surface area contributed by atoms with Crippen molar-refractivity contribution in [3.8, 4) is 0 Å². The first-order valence-electron chi connectivity index (χ1n) is 8.64. The van der Waals surface area contributed by atoms with Gasteiger partial charge < -0.3 is 10.1 Å². The smallest absolute Gasteiger partial charge is 0.305 e. The van der Waals surface area contributed by atoms with Gasteiger partial charge in [-0.3, -0.25) is 14.5 Å². The van der Waals surface area contributed by atoms with Gasteiger partial charge in [-0.05, 0) is 49.4 Å². The summed E-state index contributed by atoms with van der Waals surface area (Å²) < 4.78 is 0.804. The van der Waals surface area contributed by atoms with Gasteiger partial charge in [0.2, 0.25) is 0 Å². The highest BCUT2D eigenvalue weighted by atomic mass is 32.1. The average molecular weight is 389 g/mol. The van der Waals surface area contributed by atoms with Gasteiger partial charge >= 0.3 is 4.87 Å². The summed E-state index contributed by atoms with van der Waals surface area (Å²) in [7, 11) is 0. The van der Waals surface area contributed by atoms with Crippen molar-refractivity contribution in [1.82, 2.24) is 9.88 Å². The Morgan fingerprint density at radius 1 is 1.31 bits per heavy atom. The number of rotatable bonds is 4. The van der Waals surface area contributed by atoms with Crippen LogP contribution in [0.4, 0.5) is 0 Å². The molecule has 1 saturated heterocycles. The van der Waals surface area contributed by atoms with E-state index >= 15 is 0 Å². The van der Waals surface area contributed by atoms with Gasteiger partial charge in [-0.25, -0.2) is 0 Å². The largest absolute Gasteiger partial charge is 0.384 e. The number of Topliss-reactive ketones (excluding diaryl/α,β-unsaturated/α-hetero) is 1. The van der Waals surface area contributed by atoms with E-state index in [9.17, 15) is 14.7 Å². The maximum Gasteiger partial charge on any atom is 0.305 e. The van der Waals surface area contributed by atoms with Crippen molar-refractivity contribution in [2.45, 2.75) is 31.4 Å². The number of nitrogens with zero attached hydrogens (tertiary/aromatic N) is 1. The first-order valence-corrected chi connectivity index (χ1v) is 10.3. The van der Waals surface area contributed by atoms with E-state index in [1.54, 1.807) is 29.5 Å². The van der Waals surface area contributed by atoms with Crippen molar-refractivity contribution in [2.75, 3.05) is 13.1 Å². The van der Waals surface area contributed by atoms with Crippen molar-refractivity contribution in [1.29, 1.82) is 0 Å². The predicted octanol–water partition coefficient (Wildman–Crippen LogP) is 3.21. The predicted molar refractivity (Wildman–Crippen MR) is 105 cm³/mol. The Balaban J connectivity index is 1.48. The van der Waals surface area contributed by atoms with Crippen LogP contribution in [0.3, 0.4) is 0 Å². The fraction of sp³-hybridized carbons (Fsp3) is 0.368. The van der Waals surface area contributed by atoms with Crippen LogP contribution >= 0.6 is 22.7 Å². The summed E-state index contributed by atoms with van der Waals surface area (Å²) in [5.74, 6) is 0.0503. The molecule has 0 saturated carbocycles. The normalized spacial score (nSPS) is 18.8. The highest BCUT2D eigenvalue weighted by Crippen LogP contribution is 2.36. The molecule has 0 bridgehead atoms. The van der Waals surface area contributed by atoms with Crippen LogP contribution in [0.15, 0.2) is 40.5 Å². The summed E-state index contributed by atoms with van der Waals surface area (Å²) in [6.45, 7) is 3.28. The monoisotopic (exact) mass is 388 g/mol. The fourth-order valence-electron chi connectivity index (χ4n) is 3.58. The van der Waals surface area contributed by atoms with Crippen molar-refractivity contribution < 1.29 is 9.90 Å². The average Bonchev–Trinajstić information content (AvgIpc) is 3.29. The van der Waals surface area contributed by atoms with Gasteiger partial charge in [0.25, 0.3) is 0 Å². The number of fused-ring (bicyclic) bond motifs is 1. The number of aromatic nitrogens is 1. The number of thiazole rings is 1. The minimum atomic E-state index is -0.774. The standard InChI is InChI=1S/C19H20N2O3S2/c1-12(17(22)13-4-5-14-15(11-13)26-18(23)20-14)21-8-6-19(24,7-9-21)16-3-2-10-25-16/h2-5,10-12,24H,6-9H2,1H3,(H,20,23). The van der Waals surface area contributed by atoms with Gasteiger partial charge in [0, 0.05) is 23.5 Å². The number of nitrogens with one attached hydrogen (secondary N) is 1. The Bertz CT molecular complexity index is 982. The third-order valence-corrected chi connectivity index (χ3v) is 7.15. The summed E-state index contributed by atoms with van der Waals surface area (Å²) >= 11 is 2.70. The molecule has 2 aromatic heterocycles. The molecule has 2 N–H and O–H groups in total. The van der Waals surface area contributed by atoms with Crippen LogP contribution in [-0.2, 0) is 5.60 Å². The number of likely N-dealkylation sites (tertiary alicyclic amines) is 1. The molecular formula is C19H20N2O3S2. The van der Waals surface area contributed by atoms with Crippen LogP contribution in [-0.4, -0.2) is 39.9 Å². The number of benzene rings is 1. The summed E-state index contributed by atoms with van der Waals surface area (Å²) in [5, 5.41) is 12.9. The van der Waals surface area contributed by atoms with E-state index in [-0.39, 0.29) is 16.7 Å². The number of hydrogen-bond donors (Lipinski definition) is 2. The third kappa shape index (κ3) is 3.16. The molecule has 3 heterocycles. The lowest BCUT2D eigenvalue weighted by Crippen LogP contribution is -2.48. The van der Waals surface area contributed by atoms with E-state index in [0.717, 1.165) is 26.4 Å². The molecule has 26 heavy (non-hydrogen) atoms. The number of H-pyrrole nitrogens is 1. The zero-order valence-corrected chi connectivity index (χ0v) is 16.0. The molecule has 1 aromatic carbocycles. The Morgan fingerprint density at radius 3 is 2.77 bits per heavy atom. The van der Waals surface area contributed by atoms with E-state index < -0.39 is 5.60 Å². The Morgan fingerprint density at radius 2 is 2.08 bits per heavy atom. The molecule has 1 atom stereocenters. The van der Waals surface area contributed by atoms with Gasteiger partial charge in [0.1, 0.15) is 5.60 Å². The minimum Gasteiger partial charge on any atom is -0.384 e. The number of piperidine rings is 1. The van der Waals surface area contributed by atoms with Crippen molar-refractivity contribution in [2.24, 2.45) is 0 Å². The van der Waals surface area contributed by atoms with Crippen LogP contribution in [0, 0.1) is 0 Å². The Kier molecular flexibility index (Phi) is 4.56. The quantitative estimate of drug-likeness (QED) is 0.673. The zero-order valence-electron chi connectivity index (χ0n) is 14.4. The molecule has 1 fully saturated rings.